The van der Waals surface area contributed by atoms with E-state index in [9.17, 15) is 9.59 Å². The van der Waals surface area contributed by atoms with Crippen molar-refractivity contribution in [3.8, 4) is 0 Å². The smallest absolute Gasteiger partial charge is 0.326 e. The maximum Gasteiger partial charge on any atom is 0.326 e. The van der Waals surface area contributed by atoms with Gasteiger partial charge in [0.2, 0.25) is 5.91 Å². The summed E-state index contributed by atoms with van der Waals surface area (Å²) in [5, 5.41) is 11.9. The molecule has 0 aliphatic carbocycles. The van der Waals surface area contributed by atoms with E-state index in [1.165, 1.54) is 12.2 Å². The number of amides is 1. The average Bonchev–Trinajstić information content (AvgIpc) is 2.37. The zero-order valence-electron chi connectivity index (χ0n) is 10.2. The number of carbonyl (C=O) groups excluding carboxylic acids is 1. The molecule has 0 saturated carbocycles. The monoisotopic (exact) mass is 301 g/mol. The Labute approximate surface area is 121 Å². The van der Waals surface area contributed by atoms with E-state index in [1.54, 1.807) is 25.1 Å². The summed E-state index contributed by atoms with van der Waals surface area (Å²) >= 11 is 11.8. The largest absolute Gasteiger partial charge is 0.480 e. The maximum absolute atomic E-state index is 11.5. The molecule has 1 aromatic rings. The summed E-state index contributed by atoms with van der Waals surface area (Å²) in [5.41, 5.74) is 0.590. The van der Waals surface area contributed by atoms with Gasteiger partial charge >= 0.3 is 5.97 Å². The summed E-state index contributed by atoms with van der Waals surface area (Å²) in [6, 6.07) is 4.15. The topological polar surface area (TPSA) is 66.4 Å². The Balaban J connectivity index is 2.73. The fourth-order valence-electron chi connectivity index (χ4n) is 1.37. The van der Waals surface area contributed by atoms with Gasteiger partial charge in [0.05, 0.1) is 10.0 Å². The van der Waals surface area contributed by atoms with Crippen LogP contribution in [0, 0.1) is 0 Å². The molecular weight excluding hydrogens is 289 g/mol. The number of benzene rings is 1. The van der Waals surface area contributed by atoms with E-state index >= 15 is 0 Å². The van der Waals surface area contributed by atoms with Gasteiger partial charge in [0.1, 0.15) is 6.04 Å². The van der Waals surface area contributed by atoms with Gasteiger partial charge in [-0.15, -0.1) is 0 Å². The number of hydrogen-bond donors (Lipinski definition) is 2. The zero-order chi connectivity index (χ0) is 14.4. The SMILES string of the molecule is CCC(NC(=O)/C=C/c1cccc(Cl)c1Cl)C(=O)O. The highest BCUT2D eigenvalue weighted by Crippen LogP contribution is 2.26. The van der Waals surface area contributed by atoms with E-state index in [0.717, 1.165) is 0 Å². The normalized spacial score (nSPS) is 12.4. The van der Waals surface area contributed by atoms with Crippen molar-refractivity contribution in [3.63, 3.8) is 0 Å². The first kappa shape index (κ1) is 15.5. The van der Waals surface area contributed by atoms with Crippen LogP contribution in [0.4, 0.5) is 0 Å². The Morgan fingerprint density at radius 3 is 2.68 bits per heavy atom. The number of nitrogens with one attached hydrogen (secondary N) is 1. The summed E-state index contributed by atoms with van der Waals surface area (Å²) < 4.78 is 0. The highest BCUT2D eigenvalue weighted by molar-refractivity contribution is 6.42. The summed E-state index contributed by atoms with van der Waals surface area (Å²) in [6.07, 6.45) is 3.02. The van der Waals surface area contributed by atoms with E-state index in [4.69, 9.17) is 28.3 Å². The molecule has 1 rings (SSSR count). The maximum atomic E-state index is 11.5. The molecule has 0 saturated heterocycles. The molecule has 0 aliphatic rings. The Hall–Kier alpha value is -1.52. The van der Waals surface area contributed by atoms with Gasteiger partial charge in [0.25, 0.3) is 0 Å². The summed E-state index contributed by atoms with van der Waals surface area (Å²) in [5.74, 6) is -1.56. The molecule has 0 aliphatic heterocycles. The van der Waals surface area contributed by atoms with Crippen LogP contribution in [0.3, 0.4) is 0 Å². The molecule has 102 valence electrons. The molecule has 0 aromatic heterocycles. The van der Waals surface area contributed by atoms with Crippen molar-refractivity contribution < 1.29 is 14.7 Å². The van der Waals surface area contributed by atoms with Crippen molar-refractivity contribution >= 4 is 41.2 Å². The minimum atomic E-state index is -1.06. The molecule has 0 heterocycles. The van der Waals surface area contributed by atoms with Crippen LogP contribution in [0.1, 0.15) is 18.9 Å². The molecule has 1 unspecified atom stereocenters. The lowest BCUT2D eigenvalue weighted by Gasteiger charge is -2.09. The Morgan fingerprint density at radius 1 is 1.42 bits per heavy atom. The number of hydrogen-bond acceptors (Lipinski definition) is 2. The lowest BCUT2D eigenvalue weighted by atomic mass is 10.2. The van der Waals surface area contributed by atoms with Gasteiger partial charge in [-0.3, -0.25) is 4.79 Å². The van der Waals surface area contributed by atoms with Crippen molar-refractivity contribution in [1.82, 2.24) is 5.32 Å². The average molecular weight is 302 g/mol. The Kier molecular flexibility index (Phi) is 5.86. The van der Waals surface area contributed by atoms with Crippen molar-refractivity contribution in [2.24, 2.45) is 0 Å². The van der Waals surface area contributed by atoms with E-state index < -0.39 is 17.9 Å². The second kappa shape index (κ2) is 7.16. The third-order valence-electron chi connectivity index (χ3n) is 2.42. The van der Waals surface area contributed by atoms with Crippen LogP contribution in [-0.2, 0) is 9.59 Å². The van der Waals surface area contributed by atoms with Gasteiger partial charge in [0.15, 0.2) is 0 Å². The minimum absolute atomic E-state index is 0.312. The minimum Gasteiger partial charge on any atom is -0.480 e. The van der Waals surface area contributed by atoms with Crippen molar-refractivity contribution in [1.29, 1.82) is 0 Å². The molecule has 19 heavy (non-hydrogen) atoms. The lowest BCUT2D eigenvalue weighted by Crippen LogP contribution is -2.39. The van der Waals surface area contributed by atoms with Gasteiger partial charge in [-0.1, -0.05) is 42.3 Å². The summed E-state index contributed by atoms with van der Waals surface area (Å²) in [4.78, 5) is 22.3. The second-order valence-electron chi connectivity index (χ2n) is 3.78. The second-order valence-corrected chi connectivity index (χ2v) is 4.57. The number of rotatable bonds is 5. The van der Waals surface area contributed by atoms with Gasteiger partial charge < -0.3 is 10.4 Å². The molecule has 6 heteroatoms. The van der Waals surface area contributed by atoms with Crippen LogP contribution >= 0.6 is 23.2 Å². The first-order valence-corrected chi connectivity index (χ1v) is 6.36. The number of aliphatic carboxylic acids is 1. The van der Waals surface area contributed by atoms with Gasteiger partial charge in [0, 0.05) is 6.08 Å². The quantitative estimate of drug-likeness (QED) is 0.822. The molecule has 0 bridgehead atoms. The van der Waals surface area contributed by atoms with Gasteiger partial charge in [-0.25, -0.2) is 4.79 Å². The van der Waals surface area contributed by atoms with Crippen LogP contribution in [0.15, 0.2) is 24.3 Å². The molecule has 2 N–H and O–H groups in total. The first-order chi connectivity index (χ1) is 8.95. The fraction of sp³-hybridized carbons (Fsp3) is 0.231. The molecule has 1 aromatic carbocycles. The number of carbonyl (C=O) groups is 2. The number of carboxylic acid groups (broad SMARTS) is 1. The van der Waals surface area contributed by atoms with Crippen LogP contribution < -0.4 is 5.32 Å². The molecule has 4 nitrogen and oxygen atoms in total. The summed E-state index contributed by atoms with van der Waals surface area (Å²) in [6.45, 7) is 1.68. The molecule has 1 amide bonds. The van der Waals surface area contributed by atoms with Crippen LogP contribution in [-0.4, -0.2) is 23.0 Å². The standard InChI is InChI=1S/C13H13Cl2NO3/c1-2-10(13(18)19)16-11(17)7-6-8-4-3-5-9(14)12(8)15/h3-7,10H,2H2,1H3,(H,16,17)(H,18,19)/b7-6+. The molecular formula is C13H13Cl2NO3. The third-order valence-corrected chi connectivity index (χ3v) is 3.25. The highest BCUT2D eigenvalue weighted by atomic mass is 35.5. The Morgan fingerprint density at radius 2 is 2.11 bits per heavy atom. The van der Waals surface area contributed by atoms with E-state index in [1.807, 2.05) is 0 Å². The van der Waals surface area contributed by atoms with Crippen molar-refractivity contribution in [3.05, 3.63) is 39.9 Å². The van der Waals surface area contributed by atoms with Crippen LogP contribution in [0.5, 0.6) is 0 Å². The Bertz CT molecular complexity index is 515. The van der Waals surface area contributed by atoms with Gasteiger partial charge in [-0.2, -0.15) is 0 Å². The van der Waals surface area contributed by atoms with Crippen LogP contribution in [0.25, 0.3) is 6.08 Å². The van der Waals surface area contributed by atoms with E-state index in [0.29, 0.717) is 22.0 Å². The zero-order valence-corrected chi connectivity index (χ0v) is 11.7. The molecule has 0 radical (unpaired) electrons. The van der Waals surface area contributed by atoms with Crippen LogP contribution in [0.2, 0.25) is 10.0 Å². The first-order valence-electron chi connectivity index (χ1n) is 5.61. The number of carboxylic acids is 1. The molecule has 0 fully saturated rings. The predicted molar refractivity (Wildman–Crippen MR) is 75.4 cm³/mol. The van der Waals surface area contributed by atoms with E-state index in [-0.39, 0.29) is 0 Å². The lowest BCUT2D eigenvalue weighted by molar-refractivity contribution is -0.141. The van der Waals surface area contributed by atoms with Crippen molar-refractivity contribution in [2.45, 2.75) is 19.4 Å². The molecule has 0 spiro atoms. The van der Waals surface area contributed by atoms with E-state index in [2.05, 4.69) is 5.32 Å². The predicted octanol–water partition coefficient (Wildman–Crippen LogP) is 2.99. The summed E-state index contributed by atoms with van der Waals surface area (Å²) in [7, 11) is 0. The third kappa shape index (κ3) is 4.58. The highest BCUT2D eigenvalue weighted by Gasteiger charge is 2.15. The number of halogens is 2. The fourth-order valence-corrected chi connectivity index (χ4v) is 1.74. The van der Waals surface area contributed by atoms with Gasteiger partial charge in [-0.05, 0) is 24.1 Å². The van der Waals surface area contributed by atoms with Crippen molar-refractivity contribution in [2.75, 3.05) is 0 Å². The molecule has 1 atom stereocenters.